The largest absolute Gasteiger partial charge is 0.492 e. The van der Waals surface area contributed by atoms with Crippen LogP contribution in [0.3, 0.4) is 0 Å². The molecule has 4 aromatic rings. The highest BCUT2D eigenvalue weighted by atomic mass is 19.1. The molecule has 158 valence electrons. The van der Waals surface area contributed by atoms with Gasteiger partial charge in [0.2, 0.25) is 0 Å². The molecule has 1 amide bonds. The van der Waals surface area contributed by atoms with Gasteiger partial charge in [-0.25, -0.2) is 4.39 Å². The Hall–Kier alpha value is -3.81. The van der Waals surface area contributed by atoms with Crippen molar-refractivity contribution < 1.29 is 13.9 Å². The zero-order valence-electron chi connectivity index (χ0n) is 17.3. The topological polar surface area (TPSA) is 84.0 Å². The van der Waals surface area contributed by atoms with E-state index >= 15 is 0 Å². The second-order valence-corrected chi connectivity index (χ2v) is 7.13. The summed E-state index contributed by atoms with van der Waals surface area (Å²) in [6.45, 7) is 2.08. The van der Waals surface area contributed by atoms with Crippen molar-refractivity contribution >= 4 is 16.8 Å². The van der Waals surface area contributed by atoms with Crippen LogP contribution in [0.1, 0.15) is 28.4 Å². The zero-order chi connectivity index (χ0) is 21.8. The van der Waals surface area contributed by atoms with Crippen LogP contribution in [-0.2, 0) is 13.2 Å². The highest BCUT2D eigenvalue weighted by molar-refractivity contribution is 5.95. The SMILES string of the molecule is CCOc1cc(C(=O)N(C)Cc2cncc3cn[nH]c23)cnc1-c1cccc(CF)c1. The number of nitrogens with zero attached hydrogens (tertiary/aromatic N) is 4. The van der Waals surface area contributed by atoms with Crippen LogP contribution in [0.25, 0.3) is 22.2 Å². The Bertz CT molecular complexity index is 1220. The summed E-state index contributed by atoms with van der Waals surface area (Å²) in [5.74, 6) is 0.282. The number of alkyl halides is 1. The molecule has 0 aliphatic heterocycles. The Morgan fingerprint density at radius 2 is 2.06 bits per heavy atom. The molecule has 0 spiro atoms. The second kappa shape index (κ2) is 8.91. The Morgan fingerprint density at radius 3 is 2.87 bits per heavy atom. The van der Waals surface area contributed by atoms with E-state index in [2.05, 4.69) is 20.2 Å². The first-order valence-corrected chi connectivity index (χ1v) is 9.90. The standard InChI is InChI=1S/C23H22FN5O2/c1-3-31-20-8-17(12-26-22(20)16-6-4-5-15(7-16)9-24)23(30)29(2)14-19-11-25-10-18-13-27-28-21(18)19/h4-8,10-13H,3,9,14H2,1-2H3,(H,27,28). The molecule has 0 saturated carbocycles. The molecule has 1 N–H and O–H groups in total. The van der Waals surface area contributed by atoms with Gasteiger partial charge in [0.15, 0.2) is 0 Å². The summed E-state index contributed by atoms with van der Waals surface area (Å²) in [7, 11) is 1.72. The van der Waals surface area contributed by atoms with E-state index in [1.165, 1.54) is 6.20 Å². The number of hydrogen-bond acceptors (Lipinski definition) is 5. The van der Waals surface area contributed by atoms with Crippen LogP contribution >= 0.6 is 0 Å². The first-order chi connectivity index (χ1) is 15.1. The maximum Gasteiger partial charge on any atom is 0.255 e. The monoisotopic (exact) mass is 419 g/mol. The lowest BCUT2D eigenvalue weighted by atomic mass is 10.1. The number of carbonyl (C=O) groups excluding carboxylic acids is 1. The molecule has 1 aromatic carbocycles. The maximum absolute atomic E-state index is 13.1. The summed E-state index contributed by atoms with van der Waals surface area (Å²) in [5.41, 5.74) is 3.99. The molecule has 0 atom stereocenters. The molecule has 4 rings (SSSR count). The number of aromatic amines is 1. The van der Waals surface area contributed by atoms with Gasteiger partial charge in [-0.3, -0.25) is 19.9 Å². The van der Waals surface area contributed by atoms with Gasteiger partial charge < -0.3 is 9.64 Å². The number of ether oxygens (including phenoxy) is 1. The van der Waals surface area contributed by atoms with Crippen molar-refractivity contribution in [2.45, 2.75) is 20.1 Å². The molecule has 0 unspecified atom stereocenters. The lowest BCUT2D eigenvalue weighted by Crippen LogP contribution is -2.26. The van der Waals surface area contributed by atoms with Gasteiger partial charge in [-0.05, 0) is 24.6 Å². The fourth-order valence-corrected chi connectivity index (χ4v) is 3.44. The minimum Gasteiger partial charge on any atom is -0.492 e. The predicted octanol–water partition coefficient (Wildman–Crippen LogP) is 4.16. The van der Waals surface area contributed by atoms with Crippen LogP contribution < -0.4 is 4.74 Å². The number of pyridine rings is 2. The fraction of sp³-hybridized carbons (Fsp3) is 0.217. The summed E-state index contributed by atoms with van der Waals surface area (Å²) < 4.78 is 18.8. The third kappa shape index (κ3) is 4.23. The molecule has 31 heavy (non-hydrogen) atoms. The van der Waals surface area contributed by atoms with Gasteiger partial charge in [0.1, 0.15) is 18.1 Å². The summed E-state index contributed by atoms with van der Waals surface area (Å²) in [5, 5.41) is 7.87. The molecule has 8 heteroatoms. The van der Waals surface area contributed by atoms with E-state index in [9.17, 15) is 9.18 Å². The van der Waals surface area contributed by atoms with E-state index in [1.807, 2.05) is 13.0 Å². The minimum absolute atomic E-state index is 0.200. The number of rotatable bonds is 7. The van der Waals surface area contributed by atoms with Gasteiger partial charge >= 0.3 is 0 Å². The highest BCUT2D eigenvalue weighted by Gasteiger charge is 2.18. The number of H-pyrrole nitrogens is 1. The molecular formula is C23H22FN5O2. The van der Waals surface area contributed by atoms with Gasteiger partial charge in [0.25, 0.3) is 5.91 Å². The quantitative estimate of drug-likeness (QED) is 0.486. The van der Waals surface area contributed by atoms with Crippen molar-refractivity contribution in [2.24, 2.45) is 0 Å². The van der Waals surface area contributed by atoms with E-state index in [1.54, 1.807) is 54.8 Å². The Labute approximate surface area is 178 Å². The van der Waals surface area contributed by atoms with Crippen molar-refractivity contribution in [2.75, 3.05) is 13.7 Å². The molecule has 0 aliphatic carbocycles. The lowest BCUT2D eigenvalue weighted by Gasteiger charge is -2.18. The van der Waals surface area contributed by atoms with Gasteiger partial charge in [0, 0.05) is 48.7 Å². The van der Waals surface area contributed by atoms with Crippen molar-refractivity contribution in [3.8, 4) is 17.0 Å². The number of benzene rings is 1. The molecule has 7 nitrogen and oxygen atoms in total. The normalized spacial score (nSPS) is 10.9. The molecule has 3 heterocycles. The van der Waals surface area contributed by atoms with Crippen molar-refractivity contribution in [1.82, 2.24) is 25.1 Å². The molecule has 0 fully saturated rings. The van der Waals surface area contributed by atoms with E-state index < -0.39 is 6.67 Å². The first-order valence-electron chi connectivity index (χ1n) is 9.90. The number of fused-ring (bicyclic) bond motifs is 1. The van der Waals surface area contributed by atoms with Crippen LogP contribution in [-0.4, -0.2) is 44.6 Å². The van der Waals surface area contributed by atoms with Crippen LogP contribution in [0.5, 0.6) is 5.75 Å². The van der Waals surface area contributed by atoms with E-state index in [0.717, 1.165) is 22.0 Å². The Kier molecular flexibility index (Phi) is 5.88. The molecule has 0 aliphatic rings. The highest BCUT2D eigenvalue weighted by Crippen LogP contribution is 2.30. The summed E-state index contributed by atoms with van der Waals surface area (Å²) >= 11 is 0. The lowest BCUT2D eigenvalue weighted by molar-refractivity contribution is 0.0784. The van der Waals surface area contributed by atoms with Crippen LogP contribution in [0, 0.1) is 0 Å². The molecule has 0 radical (unpaired) electrons. The Morgan fingerprint density at radius 1 is 1.19 bits per heavy atom. The van der Waals surface area contributed by atoms with Crippen LogP contribution in [0.2, 0.25) is 0 Å². The second-order valence-electron chi connectivity index (χ2n) is 7.13. The van der Waals surface area contributed by atoms with Crippen molar-refractivity contribution in [3.05, 3.63) is 71.8 Å². The van der Waals surface area contributed by atoms with Crippen molar-refractivity contribution in [1.29, 1.82) is 0 Å². The average molecular weight is 419 g/mol. The number of amides is 1. The van der Waals surface area contributed by atoms with Crippen LogP contribution in [0.15, 0.2) is 55.1 Å². The fourth-order valence-electron chi connectivity index (χ4n) is 3.44. The zero-order valence-corrected chi connectivity index (χ0v) is 17.3. The molecular weight excluding hydrogens is 397 g/mol. The van der Waals surface area contributed by atoms with Gasteiger partial charge in [0.05, 0.1) is 23.9 Å². The van der Waals surface area contributed by atoms with Crippen molar-refractivity contribution in [3.63, 3.8) is 0 Å². The predicted molar refractivity (Wildman–Crippen MR) is 115 cm³/mol. The molecule has 0 saturated heterocycles. The van der Waals surface area contributed by atoms with E-state index in [0.29, 0.717) is 35.7 Å². The third-order valence-electron chi connectivity index (χ3n) is 4.94. The van der Waals surface area contributed by atoms with Gasteiger partial charge in [-0.15, -0.1) is 0 Å². The first kappa shape index (κ1) is 20.5. The number of hydrogen-bond donors (Lipinski definition) is 1. The number of halogens is 1. The van der Waals surface area contributed by atoms with E-state index in [-0.39, 0.29) is 5.91 Å². The summed E-state index contributed by atoms with van der Waals surface area (Å²) in [6, 6.07) is 8.75. The average Bonchev–Trinajstić information content (AvgIpc) is 3.29. The maximum atomic E-state index is 13.1. The third-order valence-corrected chi connectivity index (χ3v) is 4.94. The van der Waals surface area contributed by atoms with Gasteiger partial charge in [-0.1, -0.05) is 18.2 Å². The smallest absolute Gasteiger partial charge is 0.255 e. The Balaban J connectivity index is 1.61. The minimum atomic E-state index is -0.558. The molecule has 3 aromatic heterocycles. The summed E-state index contributed by atoms with van der Waals surface area (Å²) in [6.07, 6.45) is 6.66. The van der Waals surface area contributed by atoms with E-state index in [4.69, 9.17) is 4.74 Å². The van der Waals surface area contributed by atoms with Gasteiger partial charge in [-0.2, -0.15) is 5.10 Å². The van der Waals surface area contributed by atoms with Crippen LogP contribution in [0.4, 0.5) is 4.39 Å². The number of carbonyl (C=O) groups is 1. The number of aromatic nitrogens is 4. The molecule has 0 bridgehead atoms. The summed E-state index contributed by atoms with van der Waals surface area (Å²) in [4.78, 5) is 23.3. The number of nitrogens with one attached hydrogen (secondary N) is 1.